The van der Waals surface area contributed by atoms with Crippen LogP contribution in [0.15, 0.2) is 36.7 Å². The minimum Gasteiger partial charge on any atom is -0.381 e. The largest absolute Gasteiger partial charge is 0.381 e. The fourth-order valence-electron chi connectivity index (χ4n) is 5.21. The summed E-state index contributed by atoms with van der Waals surface area (Å²) in [5.41, 5.74) is 4.56. The van der Waals surface area contributed by atoms with Crippen LogP contribution in [-0.2, 0) is 4.74 Å². The van der Waals surface area contributed by atoms with Crippen molar-refractivity contribution >= 4 is 34.2 Å². The Labute approximate surface area is 204 Å². The molecule has 3 aliphatic rings. The number of nitrogens with zero attached hydrogens (tertiary/aromatic N) is 3. The van der Waals surface area contributed by atoms with E-state index in [0.717, 1.165) is 85.6 Å². The lowest BCUT2D eigenvalue weighted by atomic mass is 10.00. The van der Waals surface area contributed by atoms with Gasteiger partial charge in [0, 0.05) is 61.8 Å². The lowest BCUT2D eigenvalue weighted by molar-refractivity contribution is 0.00159. The van der Waals surface area contributed by atoms with E-state index in [0.29, 0.717) is 17.1 Å². The number of hydrogen-bond donors (Lipinski definition) is 2. The van der Waals surface area contributed by atoms with Crippen molar-refractivity contribution in [2.45, 2.75) is 37.8 Å². The number of ether oxygens (including phenoxy) is 1. The van der Waals surface area contributed by atoms with Crippen molar-refractivity contribution in [3.63, 3.8) is 0 Å². The van der Waals surface area contributed by atoms with Gasteiger partial charge in [0.15, 0.2) is 0 Å². The van der Waals surface area contributed by atoms with Crippen molar-refractivity contribution in [1.82, 2.24) is 19.8 Å². The number of aromatic amines is 1. The first-order valence-corrected chi connectivity index (χ1v) is 12.7. The molecule has 0 unspecified atom stereocenters. The number of halogens is 1. The molecule has 2 aromatic heterocycles. The van der Waals surface area contributed by atoms with Crippen molar-refractivity contribution in [3.8, 4) is 11.1 Å². The molecule has 2 aliphatic heterocycles. The molecule has 0 atom stereocenters. The minimum absolute atomic E-state index is 0.116. The Hall–Kier alpha value is -2.61. The molecule has 1 saturated carbocycles. The molecule has 34 heavy (non-hydrogen) atoms. The zero-order chi connectivity index (χ0) is 23.1. The topological polar surface area (TPSA) is 73.5 Å². The highest BCUT2D eigenvalue weighted by atomic mass is 35.5. The second-order valence-electron chi connectivity index (χ2n) is 9.57. The molecule has 1 amide bonds. The molecule has 3 aromatic rings. The second kappa shape index (κ2) is 9.21. The number of nitrogens with one attached hydrogen (secondary N) is 2. The number of rotatable bonds is 5. The van der Waals surface area contributed by atoms with Crippen molar-refractivity contribution in [3.05, 3.63) is 47.2 Å². The number of morpholine rings is 1. The van der Waals surface area contributed by atoms with Crippen molar-refractivity contribution in [2.75, 3.05) is 44.7 Å². The van der Waals surface area contributed by atoms with Crippen LogP contribution in [0, 0.1) is 0 Å². The first-order chi connectivity index (χ1) is 16.7. The van der Waals surface area contributed by atoms with Gasteiger partial charge in [0.1, 0.15) is 5.65 Å². The van der Waals surface area contributed by atoms with E-state index in [1.54, 1.807) is 6.20 Å². The molecule has 0 bridgehead atoms. The summed E-state index contributed by atoms with van der Waals surface area (Å²) in [7, 11) is 0. The zero-order valence-electron chi connectivity index (χ0n) is 19.2. The first-order valence-electron chi connectivity index (χ1n) is 12.3. The van der Waals surface area contributed by atoms with Crippen LogP contribution in [0.1, 0.15) is 36.0 Å². The fourth-order valence-corrected chi connectivity index (χ4v) is 5.45. The number of amides is 1. The number of hydrogen-bond acceptors (Lipinski definition) is 5. The number of H-pyrrole nitrogens is 1. The van der Waals surface area contributed by atoms with Gasteiger partial charge in [0.2, 0.25) is 0 Å². The van der Waals surface area contributed by atoms with Gasteiger partial charge in [-0.15, -0.1) is 0 Å². The summed E-state index contributed by atoms with van der Waals surface area (Å²) in [4.78, 5) is 25.4. The number of pyridine rings is 1. The van der Waals surface area contributed by atoms with Gasteiger partial charge >= 0.3 is 0 Å². The Balaban J connectivity index is 1.18. The normalized spacial score (nSPS) is 20.1. The Morgan fingerprint density at radius 3 is 2.50 bits per heavy atom. The lowest BCUT2D eigenvalue weighted by Crippen LogP contribution is -2.50. The minimum atomic E-state index is 0.116. The van der Waals surface area contributed by atoms with Crippen LogP contribution in [0.5, 0.6) is 0 Å². The van der Waals surface area contributed by atoms with Gasteiger partial charge < -0.3 is 19.9 Å². The molecule has 1 aromatic carbocycles. The molecular weight excluding hydrogens is 450 g/mol. The third kappa shape index (κ3) is 4.28. The second-order valence-corrected chi connectivity index (χ2v) is 9.98. The van der Waals surface area contributed by atoms with Gasteiger partial charge in [-0.2, -0.15) is 0 Å². The summed E-state index contributed by atoms with van der Waals surface area (Å²) in [5, 5.41) is 5.23. The average molecular weight is 480 g/mol. The van der Waals surface area contributed by atoms with E-state index in [9.17, 15) is 4.79 Å². The van der Waals surface area contributed by atoms with Crippen LogP contribution in [0.2, 0.25) is 5.02 Å². The van der Waals surface area contributed by atoms with E-state index >= 15 is 0 Å². The third-order valence-corrected chi connectivity index (χ3v) is 7.63. The monoisotopic (exact) mass is 479 g/mol. The molecule has 0 radical (unpaired) electrons. The van der Waals surface area contributed by atoms with E-state index < -0.39 is 0 Å². The highest BCUT2D eigenvalue weighted by molar-refractivity contribution is 6.36. The van der Waals surface area contributed by atoms with Crippen molar-refractivity contribution < 1.29 is 9.53 Å². The SMILES string of the molecule is O=C(c1ccc(-c2cnc3[nH]cc(Cl)c3c2NC2CC2)cc1)N1CCC(N2CCOCC2)CC1. The molecule has 8 heteroatoms. The van der Waals surface area contributed by atoms with Crippen molar-refractivity contribution in [1.29, 1.82) is 0 Å². The van der Waals surface area contributed by atoms with Crippen LogP contribution in [0.4, 0.5) is 5.69 Å². The molecule has 3 fully saturated rings. The summed E-state index contributed by atoms with van der Waals surface area (Å²) in [6.07, 6.45) is 8.06. The number of benzene rings is 1. The van der Waals surface area contributed by atoms with Gasteiger partial charge in [-0.3, -0.25) is 9.69 Å². The maximum absolute atomic E-state index is 13.2. The number of likely N-dealkylation sites (tertiary alicyclic amines) is 1. The third-order valence-electron chi connectivity index (χ3n) is 7.34. The Kier molecular flexibility index (Phi) is 5.93. The van der Waals surface area contributed by atoms with E-state index in [1.807, 2.05) is 35.4 Å². The number of fused-ring (bicyclic) bond motifs is 1. The van der Waals surface area contributed by atoms with Crippen LogP contribution >= 0.6 is 11.6 Å². The number of piperidine rings is 1. The predicted octanol–water partition coefficient (Wildman–Crippen LogP) is 4.39. The Morgan fingerprint density at radius 1 is 1.06 bits per heavy atom. The Bertz CT molecular complexity index is 1180. The molecule has 7 nitrogen and oxygen atoms in total. The number of aromatic nitrogens is 2. The number of anilines is 1. The molecule has 1 aliphatic carbocycles. The van der Waals surface area contributed by atoms with Gasteiger partial charge in [-0.05, 0) is 43.4 Å². The van der Waals surface area contributed by atoms with Crippen molar-refractivity contribution in [2.24, 2.45) is 0 Å². The predicted molar refractivity (Wildman–Crippen MR) is 135 cm³/mol. The Morgan fingerprint density at radius 2 is 1.79 bits per heavy atom. The average Bonchev–Trinajstić information content (AvgIpc) is 3.64. The number of carbonyl (C=O) groups excluding carboxylic acids is 1. The van der Waals surface area contributed by atoms with Gasteiger partial charge in [0.25, 0.3) is 5.91 Å². The molecular formula is C26H30ClN5O2. The maximum Gasteiger partial charge on any atom is 0.253 e. The molecule has 4 heterocycles. The molecule has 6 rings (SSSR count). The first kappa shape index (κ1) is 21.9. The van der Waals surface area contributed by atoms with Crippen LogP contribution < -0.4 is 5.32 Å². The molecule has 178 valence electrons. The van der Waals surface area contributed by atoms with Gasteiger partial charge in [-0.25, -0.2) is 4.98 Å². The highest BCUT2D eigenvalue weighted by Gasteiger charge is 2.29. The van der Waals surface area contributed by atoms with E-state index in [1.165, 1.54) is 12.8 Å². The zero-order valence-corrected chi connectivity index (χ0v) is 20.0. The van der Waals surface area contributed by atoms with E-state index in [-0.39, 0.29) is 5.91 Å². The molecule has 0 spiro atoms. The molecule has 2 N–H and O–H groups in total. The van der Waals surface area contributed by atoms with Gasteiger partial charge in [0.05, 0.1) is 29.3 Å². The summed E-state index contributed by atoms with van der Waals surface area (Å²) >= 11 is 6.48. The summed E-state index contributed by atoms with van der Waals surface area (Å²) in [5.74, 6) is 0.116. The lowest BCUT2D eigenvalue weighted by Gasteiger charge is -2.40. The smallest absolute Gasteiger partial charge is 0.253 e. The summed E-state index contributed by atoms with van der Waals surface area (Å²) < 4.78 is 5.48. The highest BCUT2D eigenvalue weighted by Crippen LogP contribution is 2.40. The van der Waals surface area contributed by atoms with Gasteiger partial charge in [-0.1, -0.05) is 23.7 Å². The summed E-state index contributed by atoms with van der Waals surface area (Å²) in [6, 6.07) is 8.97. The van der Waals surface area contributed by atoms with E-state index in [4.69, 9.17) is 16.3 Å². The van der Waals surface area contributed by atoms with Crippen LogP contribution in [0.3, 0.4) is 0 Å². The maximum atomic E-state index is 13.2. The van der Waals surface area contributed by atoms with E-state index in [2.05, 4.69) is 20.2 Å². The standard InChI is InChI=1S/C26H30ClN5O2/c27-22-16-29-25-23(22)24(30-19-5-6-19)21(15-28-25)17-1-3-18(4-2-17)26(33)32-9-7-20(8-10-32)31-11-13-34-14-12-31/h1-4,15-16,19-20H,5-14H2,(H2,28,29,30). The number of carbonyl (C=O) groups is 1. The van der Waals surface area contributed by atoms with Crippen LogP contribution in [0.25, 0.3) is 22.2 Å². The fraction of sp³-hybridized carbons (Fsp3) is 0.462. The molecule has 2 saturated heterocycles. The summed E-state index contributed by atoms with van der Waals surface area (Å²) in [6.45, 7) is 5.28. The quantitative estimate of drug-likeness (QED) is 0.567. The van der Waals surface area contributed by atoms with Crippen LogP contribution in [-0.4, -0.2) is 77.2 Å².